The molecule has 4 aliphatic rings. The highest BCUT2D eigenvalue weighted by atomic mass is 14.5. The van der Waals surface area contributed by atoms with E-state index in [1.807, 2.05) is 0 Å². The van der Waals surface area contributed by atoms with Crippen LogP contribution >= 0.6 is 0 Å². The van der Waals surface area contributed by atoms with Crippen LogP contribution in [0.25, 0.3) is 0 Å². The summed E-state index contributed by atoms with van der Waals surface area (Å²) in [6.45, 7) is 4.65. The van der Waals surface area contributed by atoms with E-state index in [9.17, 15) is 0 Å². The van der Waals surface area contributed by atoms with Crippen molar-refractivity contribution in [2.75, 3.05) is 0 Å². The van der Waals surface area contributed by atoms with Gasteiger partial charge in [-0.15, -0.1) is 0 Å². The van der Waals surface area contributed by atoms with Gasteiger partial charge in [0, 0.05) is 0 Å². The Bertz CT molecular complexity index is 188. The Morgan fingerprint density at radius 3 is 1.79 bits per heavy atom. The van der Waals surface area contributed by atoms with Gasteiger partial charge in [-0.05, 0) is 74.0 Å². The van der Waals surface area contributed by atoms with Gasteiger partial charge >= 0.3 is 0 Å². The smallest absolute Gasteiger partial charge is 0.0300 e. The normalized spacial score (nSPS) is 50.4. The van der Waals surface area contributed by atoms with Crippen LogP contribution in [0.15, 0.2) is 0 Å². The van der Waals surface area contributed by atoms with Crippen molar-refractivity contribution in [2.45, 2.75) is 52.4 Å². The maximum absolute atomic E-state index is 2.32. The molecule has 0 aliphatic heterocycles. The van der Waals surface area contributed by atoms with E-state index in [0.717, 1.165) is 29.6 Å². The molecule has 0 unspecified atom stereocenters. The van der Waals surface area contributed by atoms with Gasteiger partial charge in [-0.1, -0.05) is 13.8 Å². The van der Waals surface area contributed by atoms with Gasteiger partial charge in [0.2, 0.25) is 0 Å². The largest absolute Gasteiger partial charge is 0.0594 e. The Morgan fingerprint density at radius 2 is 1.36 bits per heavy atom. The molecule has 0 aromatic rings. The van der Waals surface area contributed by atoms with E-state index < -0.39 is 0 Å². The molecule has 0 N–H and O–H groups in total. The van der Waals surface area contributed by atoms with E-state index in [1.165, 1.54) is 6.42 Å². The second-order valence-corrected chi connectivity index (χ2v) is 6.51. The van der Waals surface area contributed by atoms with E-state index in [4.69, 9.17) is 0 Å². The van der Waals surface area contributed by atoms with Crippen LogP contribution in [0, 0.1) is 35.5 Å². The van der Waals surface area contributed by atoms with Crippen LogP contribution in [0.3, 0.4) is 0 Å². The van der Waals surface area contributed by atoms with E-state index in [0.29, 0.717) is 0 Å². The second-order valence-electron chi connectivity index (χ2n) is 6.51. The predicted molar refractivity (Wildman–Crippen MR) is 59.7 cm³/mol. The van der Waals surface area contributed by atoms with Crippen molar-refractivity contribution >= 4 is 0 Å². The average Bonchev–Trinajstić information content (AvgIpc) is 2.09. The molecule has 4 aliphatic carbocycles. The minimum atomic E-state index is 1.09. The monoisotopic (exact) mass is 191 g/mol. The summed E-state index contributed by atoms with van der Waals surface area (Å²) in [5.74, 6) is 7.30. The maximum Gasteiger partial charge on any atom is -0.0300 e. The van der Waals surface area contributed by atoms with Gasteiger partial charge < -0.3 is 0 Å². The average molecular weight is 191 g/mol. The van der Waals surface area contributed by atoms with Crippen LogP contribution in [0.2, 0.25) is 0 Å². The van der Waals surface area contributed by atoms with Crippen LogP contribution in [-0.4, -0.2) is 0 Å². The molecule has 0 spiro atoms. The highest BCUT2D eigenvalue weighted by Gasteiger charge is 2.47. The molecule has 0 heterocycles. The van der Waals surface area contributed by atoms with Gasteiger partial charge in [0.1, 0.15) is 0 Å². The molecule has 0 aromatic heterocycles. The van der Waals surface area contributed by atoms with Crippen LogP contribution in [0.5, 0.6) is 0 Å². The molecule has 79 valence electrons. The molecule has 1 radical (unpaired) electrons. The molecule has 4 saturated carbocycles. The van der Waals surface area contributed by atoms with Crippen molar-refractivity contribution < 1.29 is 0 Å². The lowest BCUT2D eigenvalue weighted by Crippen LogP contribution is -2.45. The Kier molecular flexibility index (Phi) is 2.15. The van der Waals surface area contributed by atoms with Crippen LogP contribution in [-0.2, 0) is 0 Å². The fourth-order valence-electron chi connectivity index (χ4n) is 4.84. The minimum absolute atomic E-state index is 1.09. The van der Waals surface area contributed by atoms with Gasteiger partial charge in [-0.3, -0.25) is 0 Å². The summed E-state index contributed by atoms with van der Waals surface area (Å²) in [6.07, 6.45) is 9.38. The highest BCUT2D eigenvalue weighted by Crippen LogP contribution is 2.57. The predicted octanol–water partition coefficient (Wildman–Crippen LogP) is 4.06. The van der Waals surface area contributed by atoms with Crippen molar-refractivity contribution in [3.63, 3.8) is 0 Å². The first-order valence-corrected chi connectivity index (χ1v) is 6.51. The number of rotatable bonds is 2. The minimum Gasteiger partial charge on any atom is -0.0594 e. The third kappa shape index (κ3) is 1.42. The maximum atomic E-state index is 2.32. The van der Waals surface area contributed by atoms with E-state index >= 15 is 0 Å². The molecule has 4 fully saturated rings. The number of hydrogen-bond acceptors (Lipinski definition) is 0. The zero-order chi connectivity index (χ0) is 9.71. The van der Waals surface area contributed by atoms with Crippen LogP contribution in [0.4, 0.5) is 0 Å². The number of hydrogen-bond donors (Lipinski definition) is 0. The Labute approximate surface area is 88.5 Å². The molecular weight excluding hydrogens is 168 g/mol. The quantitative estimate of drug-likeness (QED) is 0.617. The highest BCUT2D eigenvalue weighted by molar-refractivity contribution is 5.00. The fourth-order valence-corrected chi connectivity index (χ4v) is 4.84. The summed E-state index contributed by atoms with van der Waals surface area (Å²) < 4.78 is 0. The van der Waals surface area contributed by atoms with E-state index in [1.54, 1.807) is 38.0 Å². The molecule has 0 aromatic carbocycles. The molecule has 0 atom stereocenters. The topological polar surface area (TPSA) is 0 Å². The summed E-state index contributed by atoms with van der Waals surface area (Å²) >= 11 is 0. The molecule has 4 rings (SSSR count). The first-order valence-electron chi connectivity index (χ1n) is 6.51. The van der Waals surface area contributed by atoms with Crippen molar-refractivity contribution in [2.24, 2.45) is 29.6 Å². The van der Waals surface area contributed by atoms with Crippen LogP contribution < -0.4 is 0 Å². The van der Waals surface area contributed by atoms with Gasteiger partial charge in [-0.2, -0.15) is 0 Å². The zero-order valence-electron chi connectivity index (χ0n) is 9.63. The molecule has 0 nitrogen and oxygen atoms in total. The zero-order valence-corrected chi connectivity index (χ0v) is 9.63. The molecule has 14 heavy (non-hydrogen) atoms. The summed E-state index contributed by atoms with van der Waals surface area (Å²) in [4.78, 5) is 0. The van der Waals surface area contributed by atoms with Crippen molar-refractivity contribution in [1.29, 1.82) is 0 Å². The Hall–Kier alpha value is 0. The first kappa shape index (κ1) is 9.24. The Morgan fingerprint density at radius 1 is 0.857 bits per heavy atom. The Balaban J connectivity index is 1.74. The summed E-state index contributed by atoms with van der Waals surface area (Å²) in [7, 11) is 0. The van der Waals surface area contributed by atoms with Crippen molar-refractivity contribution in [1.82, 2.24) is 0 Å². The molecule has 0 saturated heterocycles. The summed E-state index contributed by atoms with van der Waals surface area (Å²) in [5.41, 5.74) is 0. The first-order chi connectivity index (χ1) is 6.72. The second kappa shape index (κ2) is 3.25. The SMILES string of the molecule is C[C](C)CC1C2CC3CC(C2)CC1C3. The third-order valence-corrected chi connectivity index (χ3v) is 5.07. The van der Waals surface area contributed by atoms with Crippen molar-refractivity contribution in [3.05, 3.63) is 5.92 Å². The van der Waals surface area contributed by atoms with Gasteiger partial charge in [0.15, 0.2) is 0 Å². The molecule has 0 amide bonds. The fraction of sp³-hybridized carbons (Fsp3) is 0.929. The van der Waals surface area contributed by atoms with Crippen LogP contribution in [0.1, 0.15) is 52.4 Å². The standard InChI is InChI=1S/C14H23/c1-9(2)3-14-12-5-10-4-11(7-12)8-13(14)6-10/h10-14H,3-8H2,1-2H3. The lowest BCUT2D eigenvalue weighted by atomic mass is 9.51. The van der Waals surface area contributed by atoms with Gasteiger partial charge in [0.05, 0.1) is 0 Å². The summed E-state index contributed by atoms with van der Waals surface area (Å²) in [5, 5.41) is 0. The van der Waals surface area contributed by atoms with Gasteiger partial charge in [-0.25, -0.2) is 0 Å². The lowest BCUT2D eigenvalue weighted by Gasteiger charge is -2.55. The van der Waals surface area contributed by atoms with E-state index in [2.05, 4.69) is 13.8 Å². The molecule has 0 heteroatoms. The van der Waals surface area contributed by atoms with Crippen molar-refractivity contribution in [3.8, 4) is 0 Å². The molecule has 4 bridgehead atoms. The summed E-state index contributed by atoms with van der Waals surface area (Å²) in [6, 6.07) is 0. The lowest BCUT2D eigenvalue weighted by molar-refractivity contribution is -0.0378. The van der Waals surface area contributed by atoms with Gasteiger partial charge in [0.25, 0.3) is 0 Å². The van der Waals surface area contributed by atoms with E-state index in [-0.39, 0.29) is 0 Å². The third-order valence-electron chi connectivity index (χ3n) is 5.07. The molecular formula is C14H23.